The lowest BCUT2D eigenvalue weighted by Gasteiger charge is -2.64. The molecule has 3 aliphatic carbocycles. The van der Waals surface area contributed by atoms with Gasteiger partial charge in [-0.1, -0.05) is 70.2 Å². The van der Waals surface area contributed by atoms with Crippen molar-refractivity contribution in [3.05, 3.63) is 93.7 Å². The van der Waals surface area contributed by atoms with Gasteiger partial charge in [-0.2, -0.15) is 13.2 Å². The summed E-state index contributed by atoms with van der Waals surface area (Å²) in [5, 5.41) is 12.9. The Morgan fingerprint density at radius 2 is 1.80 bits per heavy atom. The first-order valence-corrected chi connectivity index (χ1v) is 19.0. The van der Waals surface area contributed by atoms with E-state index in [1.165, 1.54) is 12.1 Å². The smallest absolute Gasteiger partial charge is 0.481 e. The molecular weight excluding hydrogens is 732 g/mol. The zero-order valence-electron chi connectivity index (χ0n) is 32.0. The van der Waals surface area contributed by atoms with Crippen LogP contribution in [0.5, 0.6) is 0 Å². The highest BCUT2D eigenvalue weighted by molar-refractivity contribution is 6.47. The summed E-state index contributed by atoms with van der Waals surface area (Å²) in [5.74, 6) is -1.56. The fourth-order valence-electron chi connectivity index (χ4n) is 9.47. The molecular formula is C40H46BF3N4O8. The van der Waals surface area contributed by atoms with Gasteiger partial charge in [-0.3, -0.25) is 23.9 Å². The number of nitrogens with zero attached hydrogens (tertiary/aromatic N) is 3. The second-order valence-electron chi connectivity index (χ2n) is 16.7. The van der Waals surface area contributed by atoms with Crippen molar-refractivity contribution < 1.29 is 46.7 Å². The minimum Gasteiger partial charge on any atom is -0.481 e. The average molecular weight is 779 g/mol. The zero-order valence-corrected chi connectivity index (χ0v) is 32.0. The fraction of sp³-hybridized carbons (Fsp3) is 0.525. The van der Waals surface area contributed by atoms with Gasteiger partial charge in [-0.25, -0.2) is 9.78 Å². The Balaban J connectivity index is 1.22. The number of hydrogen-bond acceptors (Lipinski definition) is 8. The number of carbonyl (C=O) groups is 3. The fourth-order valence-corrected chi connectivity index (χ4v) is 9.47. The summed E-state index contributed by atoms with van der Waals surface area (Å²) in [4.78, 5) is 60.3. The number of alkyl halides is 3. The molecule has 4 fully saturated rings. The number of carbonyl (C=O) groups excluding carboxylic acids is 2. The van der Waals surface area contributed by atoms with Gasteiger partial charge < -0.3 is 24.5 Å². The summed E-state index contributed by atoms with van der Waals surface area (Å²) < 4.78 is 60.8. The molecule has 0 unspecified atom stereocenters. The van der Waals surface area contributed by atoms with Crippen molar-refractivity contribution in [1.82, 2.24) is 14.9 Å². The number of carboxylic acids is 1. The number of benzene rings is 2. The third-order valence-electron chi connectivity index (χ3n) is 12.7. The summed E-state index contributed by atoms with van der Waals surface area (Å²) in [7, 11) is -0.760. The lowest BCUT2D eigenvalue weighted by Crippen LogP contribution is -2.65. The van der Waals surface area contributed by atoms with E-state index in [1.54, 1.807) is 37.3 Å². The molecule has 56 heavy (non-hydrogen) atoms. The SMILES string of the molecule is CC[C@H](NC(=O)[C@@H]1C[C@@](C)(CC(=O)O)c2ncc(N(Cc3cccc(C(F)(F)F)c3)C(=O)OCc3ccccc3)c(=O)n21)B1O[C@@H]2C[C@@H]3C[C@@H](C3(C)C)[C@]2(C)O1. The number of rotatable bonds is 11. The van der Waals surface area contributed by atoms with Crippen molar-refractivity contribution >= 4 is 30.8 Å². The first-order chi connectivity index (χ1) is 26.4. The molecule has 2 bridgehead atoms. The molecule has 0 spiro atoms. The number of ether oxygens (including phenoxy) is 1. The van der Waals surface area contributed by atoms with Crippen LogP contribution >= 0.6 is 0 Å². The third kappa shape index (κ3) is 6.99. The van der Waals surface area contributed by atoms with Crippen LogP contribution in [0.4, 0.5) is 23.7 Å². The Labute approximate surface area is 322 Å². The van der Waals surface area contributed by atoms with Crippen molar-refractivity contribution in [2.45, 2.75) is 115 Å². The standard InChI is InChI=1S/C40H46BF3N4O8/c1-6-31(41-55-30-17-26-16-29(37(26,2)3)39(30,5)56-41)46-33(51)27-18-38(4,19-32(49)50)35-45-20-28(34(52)48(27)35)47(36(53)54-22-23-11-8-7-9-12-23)21-24-13-10-14-25(15-24)40(42,43)44/h7-15,20,26-27,29-31H,6,16-19,21-22H2,1-5H3,(H,46,51)(H,49,50)/t26-,27-,29-,30+,31-,38-,39-/m0/s1. The van der Waals surface area contributed by atoms with Crippen LogP contribution in [-0.4, -0.2) is 57.4 Å². The van der Waals surface area contributed by atoms with E-state index in [4.69, 9.17) is 14.0 Å². The number of aliphatic carboxylic acids is 1. The molecule has 8 rings (SSSR count). The molecule has 2 aliphatic heterocycles. The maximum absolute atomic E-state index is 14.6. The van der Waals surface area contributed by atoms with Crippen molar-refractivity contribution in [3.63, 3.8) is 0 Å². The maximum Gasteiger partial charge on any atom is 0.481 e. The van der Waals surface area contributed by atoms with Gasteiger partial charge in [0.05, 0.1) is 42.4 Å². The molecule has 2 N–H and O–H groups in total. The summed E-state index contributed by atoms with van der Waals surface area (Å²) in [5.41, 5.74) is -3.22. The predicted octanol–water partition coefficient (Wildman–Crippen LogP) is 6.45. The van der Waals surface area contributed by atoms with Crippen LogP contribution < -0.4 is 15.8 Å². The van der Waals surface area contributed by atoms with Crippen molar-refractivity contribution in [3.8, 4) is 0 Å². The van der Waals surface area contributed by atoms with Gasteiger partial charge in [0.2, 0.25) is 5.91 Å². The molecule has 2 amide bonds. The molecule has 3 aromatic rings. The third-order valence-corrected chi connectivity index (χ3v) is 12.7. The van der Waals surface area contributed by atoms with Gasteiger partial charge >= 0.3 is 25.4 Å². The van der Waals surface area contributed by atoms with Gasteiger partial charge in [0.15, 0.2) is 0 Å². The molecule has 298 valence electrons. The molecule has 7 atom stereocenters. The highest BCUT2D eigenvalue weighted by atomic mass is 19.4. The van der Waals surface area contributed by atoms with Gasteiger partial charge in [0.1, 0.15) is 24.2 Å². The lowest BCUT2D eigenvalue weighted by atomic mass is 9.43. The van der Waals surface area contributed by atoms with E-state index in [1.807, 2.05) is 6.92 Å². The molecule has 0 radical (unpaired) electrons. The van der Waals surface area contributed by atoms with Crippen molar-refractivity contribution in [2.75, 3.05) is 4.90 Å². The number of anilines is 1. The topological polar surface area (TPSA) is 149 Å². The molecule has 2 aromatic carbocycles. The number of hydrogen-bond donors (Lipinski definition) is 2. The van der Waals surface area contributed by atoms with Gasteiger partial charge in [0.25, 0.3) is 5.56 Å². The molecule has 1 aromatic heterocycles. The number of amides is 2. The van der Waals surface area contributed by atoms with Crippen molar-refractivity contribution in [2.24, 2.45) is 17.3 Å². The largest absolute Gasteiger partial charge is 0.481 e. The number of nitrogens with one attached hydrogen (secondary N) is 1. The van der Waals surface area contributed by atoms with Crippen LogP contribution in [0.2, 0.25) is 0 Å². The van der Waals surface area contributed by atoms with Crippen LogP contribution in [0.3, 0.4) is 0 Å². The van der Waals surface area contributed by atoms with E-state index in [9.17, 15) is 37.5 Å². The lowest BCUT2D eigenvalue weighted by molar-refractivity contribution is -0.199. The average Bonchev–Trinajstić information content (AvgIpc) is 3.66. The molecule has 3 heterocycles. The van der Waals surface area contributed by atoms with E-state index < -0.39 is 78.4 Å². The quantitative estimate of drug-likeness (QED) is 0.210. The van der Waals surface area contributed by atoms with E-state index >= 15 is 0 Å². The van der Waals surface area contributed by atoms with Crippen LogP contribution in [0.1, 0.15) is 95.3 Å². The van der Waals surface area contributed by atoms with E-state index in [0.717, 1.165) is 40.6 Å². The number of carboxylic acid groups (broad SMARTS) is 1. The molecule has 16 heteroatoms. The molecule has 12 nitrogen and oxygen atoms in total. The maximum atomic E-state index is 14.6. The molecule has 3 saturated carbocycles. The van der Waals surface area contributed by atoms with Crippen molar-refractivity contribution in [1.29, 1.82) is 0 Å². The number of halogens is 3. The van der Waals surface area contributed by atoms with Crippen LogP contribution in [-0.2, 0) is 48.4 Å². The number of aromatic nitrogens is 2. The minimum atomic E-state index is -4.67. The Kier molecular flexibility index (Phi) is 10.1. The van der Waals surface area contributed by atoms with E-state index in [0.29, 0.717) is 17.9 Å². The summed E-state index contributed by atoms with van der Waals surface area (Å²) >= 11 is 0. The second kappa shape index (κ2) is 14.4. The predicted molar refractivity (Wildman–Crippen MR) is 198 cm³/mol. The normalized spacial score (nSPS) is 27.8. The Morgan fingerprint density at radius 1 is 1.09 bits per heavy atom. The van der Waals surface area contributed by atoms with Crippen LogP contribution in [0.15, 0.2) is 65.6 Å². The molecule has 5 aliphatic rings. The van der Waals surface area contributed by atoms with Crippen LogP contribution in [0.25, 0.3) is 0 Å². The first-order valence-electron chi connectivity index (χ1n) is 19.0. The highest BCUT2D eigenvalue weighted by Gasteiger charge is 2.68. The summed E-state index contributed by atoms with van der Waals surface area (Å²) in [6, 6.07) is 11.8. The Hall–Kier alpha value is -4.70. The summed E-state index contributed by atoms with van der Waals surface area (Å²) in [6.45, 7) is 9.33. The van der Waals surface area contributed by atoms with Gasteiger partial charge in [0, 0.05) is 5.41 Å². The zero-order chi connectivity index (χ0) is 40.4. The van der Waals surface area contributed by atoms with Gasteiger partial charge in [-0.05, 0) is 73.1 Å². The second-order valence-corrected chi connectivity index (χ2v) is 16.7. The monoisotopic (exact) mass is 778 g/mol. The van der Waals surface area contributed by atoms with Gasteiger partial charge in [-0.15, -0.1) is 0 Å². The van der Waals surface area contributed by atoms with E-state index in [-0.39, 0.29) is 47.5 Å². The van der Waals surface area contributed by atoms with Crippen LogP contribution in [0, 0.1) is 17.3 Å². The Bertz CT molecular complexity index is 2080. The Morgan fingerprint density at radius 3 is 2.46 bits per heavy atom. The highest BCUT2D eigenvalue weighted by Crippen LogP contribution is 2.65. The van der Waals surface area contributed by atoms with E-state index in [2.05, 4.69) is 31.1 Å². The number of fused-ring (bicyclic) bond motifs is 1. The molecule has 1 saturated heterocycles. The first kappa shape index (κ1) is 39.5. The summed E-state index contributed by atoms with van der Waals surface area (Å²) in [6.07, 6.45) is -3.03. The minimum absolute atomic E-state index is 0.0208.